The Morgan fingerprint density at radius 2 is 1.58 bits per heavy atom. The van der Waals surface area contributed by atoms with Gasteiger partial charge in [-0.1, -0.05) is 6.07 Å². The Hall–Kier alpha value is -3.40. The number of pyridine rings is 1. The summed E-state index contributed by atoms with van der Waals surface area (Å²) in [6.07, 6.45) is 3.26. The zero-order valence-corrected chi connectivity index (χ0v) is 28.0. The lowest BCUT2D eigenvalue weighted by molar-refractivity contribution is -0.136. The zero-order chi connectivity index (χ0) is 33.7. The number of nitrogens with one attached hydrogen (secondary N) is 2. The number of carbonyl (C=O) groups is 1. The number of aromatic nitrogens is 1. The van der Waals surface area contributed by atoms with Crippen LogP contribution in [0.4, 0.5) is 36.1 Å². The number of piperazine rings is 1. The number of halogens is 3. The van der Waals surface area contributed by atoms with Crippen LogP contribution in [0.25, 0.3) is 4.85 Å². The van der Waals surface area contributed by atoms with Gasteiger partial charge in [-0.25, -0.2) is 9.83 Å². The molecule has 2 N–H and O–H groups in total. The number of rotatable bonds is 8. The van der Waals surface area contributed by atoms with E-state index in [1.807, 2.05) is 23.2 Å². The second-order valence-electron chi connectivity index (χ2n) is 14.2. The molecule has 0 bridgehead atoms. The number of carbonyl (C=O) groups excluding carboxylic acids is 1. The fraction of sp³-hybridized carbons (Fsp3) is 0.639. The van der Waals surface area contributed by atoms with Crippen molar-refractivity contribution in [2.45, 2.75) is 57.7 Å². The van der Waals surface area contributed by atoms with Crippen LogP contribution in [0.3, 0.4) is 0 Å². The Bertz CT molecular complexity index is 1410. The molecule has 1 aromatic carbocycles. The summed E-state index contributed by atoms with van der Waals surface area (Å²) < 4.78 is 40.3. The van der Waals surface area contributed by atoms with Gasteiger partial charge in [0.1, 0.15) is 5.82 Å². The molecule has 260 valence electrons. The highest BCUT2D eigenvalue weighted by Gasteiger charge is 2.35. The second kappa shape index (κ2) is 15.4. The van der Waals surface area contributed by atoms with Crippen LogP contribution in [0.15, 0.2) is 36.5 Å². The quantitative estimate of drug-likeness (QED) is 0.349. The number of benzene rings is 1. The fourth-order valence-corrected chi connectivity index (χ4v) is 7.96. The number of anilines is 3. The van der Waals surface area contributed by atoms with Gasteiger partial charge >= 0.3 is 6.18 Å². The van der Waals surface area contributed by atoms with Crippen molar-refractivity contribution in [2.24, 2.45) is 17.8 Å². The summed E-state index contributed by atoms with van der Waals surface area (Å²) in [5.41, 5.74) is 0.170. The number of hydrogen-bond acceptors (Lipinski definition) is 7. The Balaban J connectivity index is 0.916. The second-order valence-corrected chi connectivity index (χ2v) is 14.2. The third kappa shape index (κ3) is 8.60. The van der Waals surface area contributed by atoms with Crippen LogP contribution in [-0.4, -0.2) is 98.7 Å². The van der Waals surface area contributed by atoms with Gasteiger partial charge in [-0.3, -0.25) is 9.69 Å². The molecule has 48 heavy (non-hydrogen) atoms. The summed E-state index contributed by atoms with van der Waals surface area (Å²) in [4.78, 5) is 30.2. The Morgan fingerprint density at radius 1 is 0.917 bits per heavy atom. The number of amides is 1. The maximum Gasteiger partial charge on any atom is 0.407 e. The smallest absolute Gasteiger partial charge is 0.372 e. The van der Waals surface area contributed by atoms with E-state index in [0.717, 1.165) is 30.8 Å². The van der Waals surface area contributed by atoms with Crippen LogP contribution in [-0.2, 0) is 11.0 Å². The molecule has 12 heteroatoms. The number of alkyl halides is 3. The average Bonchev–Trinajstić information content (AvgIpc) is 3.10. The van der Waals surface area contributed by atoms with Crippen LogP contribution in [0.5, 0.6) is 0 Å². The minimum absolute atomic E-state index is 0.114. The summed E-state index contributed by atoms with van der Waals surface area (Å²) in [5.74, 6) is 1.72. The Labute approximate surface area is 282 Å². The lowest BCUT2D eigenvalue weighted by atomic mass is 9.94. The maximum absolute atomic E-state index is 13.4. The van der Waals surface area contributed by atoms with Gasteiger partial charge in [-0.2, -0.15) is 13.2 Å². The van der Waals surface area contributed by atoms with E-state index in [-0.39, 0.29) is 11.8 Å². The van der Waals surface area contributed by atoms with Gasteiger partial charge in [-0.05, 0) is 94.6 Å². The van der Waals surface area contributed by atoms with Gasteiger partial charge in [0.25, 0.3) is 0 Å². The molecule has 0 aliphatic carbocycles. The fourth-order valence-electron chi connectivity index (χ4n) is 7.96. The van der Waals surface area contributed by atoms with E-state index in [9.17, 15) is 18.0 Å². The standard InChI is InChI=1S/C36H49F3N8O/c1-26-23-44(24-27-7-13-41-14-8-27)19-20-47(26)25-28-9-15-46(16-10-28)31-4-6-34(42-22-31)43-35(48)29-11-17-45(18-12-29)30-3-5-33(40-2)32(21-30)36(37,38)39/h3-6,21-22,26-29,41H,7-20,23-25H2,1H3,(H,42,43,48)/t26-/m1/s1. The van der Waals surface area contributed by atoms with Crippen molar-refractivity contribution in [2.75, 3.05) is 87.1 Å². The number of piperidine rings is 3. The van der Waals surface area contributed by atoms with Gasteiger partial charge in [0, 0.05) is 76.5 Å². The molecule has 0 radical (unpaired) electrons. The lowest BCUT2D eigenvalue weighted by Gasteiger charge is -2.44. The predicted octanol–water partition coefficient (Wildman–Crippen LogP) is 5.73. The van der Waals surface area contributed by atoms with Crippen LogP contribution < -0.4 is 20.4 Å². The largest absolute Gasteiger partial charge is 0.407 e. The van der Waals surface area contributed by atoms with Crippen molar-refractivity contribution in [3.05, 3.63) is 53.5 Å². The first-order valence-electron chi connectivity index (χ1n) is 17.7. The van der Waals surface area contributed by atoms with Gasteiger partial charge < -0.3 is 25.3 Å². The van der Waals surface area contributed by atoms with E-state index in [2.05, 4.69) is 42.1 Å². The first-order valence-corrected chi connectivity index (χ1v) is 17.7. The minimum Gasteiger partial charge on any atom is -0.372 e. The van der Waals surface area contributed by atoms with E-state index < -0.39 is 17.4 Å². The summed E-state index contributed by atoms with van der Waals surface area (Å²) >= 11 is 0. The monoisotopic (exact) mass is 666 g/mol. The molecular weight excluding hydrogens is 617 g/mol. The number of hydrogen-bond donors (Lipinski definition) is 2. The minimum atomic E-state index is -4.59. The molecule has 4 saturated heterocycles. The highest BCUT2D eigenvalue weighted by atomic mass is 19.4. The van der Waals surface area contributed by atoms with Gasteiger partial charge in [0.15, 0.2) is 5.69 Å². The highest BCUT2D eigenvalue weighted by Crippen LogP contribution is 2.39. The highest BCUT2D eigenvalue weighted by molar-refractivity contribution is 5.92. The molecule has 4 aliphatic rings. The molecule has 2 aromatic rings. The van der Waals surface area contributed by atoms with Crippen LogP contribution in [0.2, 0.25) is 0 Å². The molecule has 1 atom stereocenters. The molecule has 9 nitrogen and oxygen atoms in total. The third-order valence-electron chi connectivity index (χ3n) is 10.9. The molecule has 0 saturated carbocycles. The van der Waals surface area contributed by atoms with Gasteiger partial charge in [-0.15, -0.1) is 0 Å². The third-order valence-corrected chi connectivity index (χ3v) is 10.9. The Morgan fingerprint density at radius 3 is 2.23 bits per heavy atom. The molecule has 4 fully saturated rings. The van der Waals surface area contributed by atoms with E-state index in [4.69, 9.17) is 6.57 Å². The summed E-state index contributed by atoms with van der Waals surface area (Å²) in [7, 11) is 0. The van der Waals surface area contributed by atoms with Crippen LogP contribution in [0, 0.1) is 24.3 Å². The van der Waals surface area contributed by atoms with E-state index >= 15 is 0 Å². The lowest BCUT2D eigenvalue weighted by Crippen LogP contribution is -2.54. The van der Waals surface area contributed by atoms with E-state index in [1.54, 1.807) is 6.07 Å². The van der Waals surface area contributed by atoms with E-state index in [0.29, 0.717) is 49.4 Å². The van der Waals surface area contributed by atoms with E-state index in [1.165, 1.54) is 77.6 Å². The SMILES string of the molecule is [C-]#[N+]c1ccc(N2CCC(C(=O)Nc3ccc(N4CCC(CN5CCN(CC6CCNCC6)C[C@H]5C)CC4)cn3)CC2)cc1C(F)(F)F. The first-order chi connectivity index (χ1) is 23.2. The molecule has 0 unspecified atom stereocenters. The molecular formula is C36H49F3N8O. The first kappa shape index (κ1) is 34.5. The van der Waals surface area contributed by atoms with Crippen LogP contribution >= 0.6 is 0 Å². The maximum atomic E-state index is 13.4. The van der Waals surface area contributed by atoms with Crippen molar-refractivity contribution in [3.8, 4) is 0 Å². The normalized spacial score (nSPS) is 22.9. The summed E-state index contributed by atoms with van der Waals surface area (Å²) in [5, 5.41) is 6.42. The predicted molar refractivity (Wildman–Crippen MR) is 184 cm³/mol. The molecule has 6 rings (SSSR count). The van der Waals surface area contributed by atoms with Crippen molar-refractivity contribution < 1.29 is 18.0 Å². The molecule has 0 spiro atoms. The van der Waals surface area contributed by atoms with Crippen molar-refractivity contribution in [1.29, 1.82) is 0 Å². The van der Waals surface area contributed by atoms with Crippen molar-refractivity contribution >= 4 is 28.8 Å². The summed E-state index contributed by atoms with van der Waals surface area (Å²) in [6, 6.07) is 8.31. The molecule has 5 heterocycles. The van der Waals surface area contributed by atoms with Crippen LogP contribution in [0.1, 0.15) is 51.0 Å². The Kier molecular flexibility index (Phi) is 11.1. The summed E-state index contributed by atoms with van der Waals surface area (Å²) in [6.45, 7) is 20.7. The average molecular weight is 667 g/mol. The van der Waals surface area contributed by atoms with Gasteiger partial charge in [0.05, 0.1) is 24.0 Å². The van der Waals surface area contributed by atoms with Gasteiger partial charge in [0.2, 0.25) is 5.91 Å². The molecule has 1 amide bonds. The van der Waals surface area contributed by atoms with Crippen molar-refractivity contribution in [3.63, 3.8) is 0 Å². The van der Waals surface area contributed by atoms with Crippen molar-refractivity contribution in [1.82, 2.24) is 20.1 Å². The number of nitrogens with zero attached hydrogens (tertiary/aromatic N) is 6. The topological polar surface area (TPSA) is 71.3 Å². The molecule has 4 aliphatic heterocycles. The zero-order valence-electron chi connectivity index (χ0n) is 28.0. The molecule has 1 aromatic heterocycles.